The second kappa shape index (κ2) is 8.17. The molecule has 2 aromatic rings. The van der Waals surface area contributed by atoms with Gasteiger partial charge in [-0.05, 0) is 42.2 Å². The van der Waals surface area contributed by atoms with Gasteiger partial charge in [0.15, 0.2) is 0 Å². The van der Waals surface area contributed by atoms with Gasteiger partial charge in [0.25, 0.3) is 5.91 Å². The molecular formula is C21H25NO3. The molecule has 1 unspecified atom stereocenters. The van der Waals surface area contributed by atoms with Crippen molar-refractivity contribution in [3.05, 3.63) is 65.2 Å². The van der Waals surface area contributed by atoms with E-state index < -0.39 is 0 Å². The first-order chi connectivity index (χ1) is 12.2. The average molecular weight is 339 g/mol. The van der Waals surface area contributed by atoms with Crippen molar-refractivity contribution in [1.82, 2.24) is 4.90 Å². The molecule has 0 aromatic heterocycles. The minimum Gasteiger partial charge on any atom is -0.489 e. The Kier molecular flexibility index (Phi) is 5.71. The van der Waals surface area contributed by atoms with E-state index in [0.29, 0.717) is 13.2 Å². The van der Waals surface area contributed by atoms with Crippen molar-refractivity contribution in [1.29, 1.82) is 0 Å². The van der Waals surface area contributed by atoms with E-state index in [9.17, 15) is 4.79 Å². The first-order valence-corrected chi connectivity index (χ1v) is 8.86. The topological polar surface area (TPSA) is 38.8 Å². The van der Waals surface area contributed by atoms with Crippen LogP contribution in [0.15, 0.2) is 48.5 Å². The monoisotopic (exact) mass is 339 g/mol. The lowest BCUT2D eigenvalue weighted by Gasteiger charge is -2.34. The Hall–Kier alpha value is -2.33. The highest BCUT2D eigenvalue weighted by Crippen LogP contribution is 2.26. The van der Waals surface area contributed by atoms with Crippen molar-refractivity contribution in [2.75, 3.05) is 13.7 Å². The molecule has 0 saturated carbocycles. The third-order valence-electron chi connectivity index (χ3n) is 4.59. The highest BCUT2D eigenvalue weighted by atomic mass is 16.5. The van der Waals surface area contributed by atoms with Gasteiger partial charge in [0.2, 0.25) is 0 Å². The molecule has 132 valence electrons. The van der Waals surface area contributed by atoms with Gasteiger partial charge in [0.1, 0.15) is 18.6 Å². The molecule has 1 amide bonds. The molecule has 1 aliphatic heterocycles. The molecule has 1 heterocycles. The summed E-state index contributed by atoms with van der Waals surface area (Å²) >= 11 is 0. The van der Waals surface area contributed by atoms with Gasteiger partial charge < -0.3 is 14.4 Å². The molecule has 0 fully saturated rings. The van der Waals surface area contributed by atoms with Crippen molar-refractivity contribution < 1.29 is 14.3 Å². The predicted molar refractivity (Wildman–Crippen MR) is 97.7 cm³/mol. The summed E-state index contributed by atoms with van der Waals surface area (Å²) in [5, 5.41) is 0. The molecular weight excluding hydrogens is 314 g/mol. The Morgan fingerprint density at radius 1 is 1.16 bits per heavy atom. The van der Waals surface area contributed by atoms with Crippen molar-refractivity contribution in [2.24, 2.45) is 0 Å². The second-order valence-electron chi connectivity index (χ2n) is 6.32. The van der Waals surface area contributed by atoms with Crippen LogP contribution in [0.3, 0.4) is 0 Å². The van der Waals surface area contributed by atoms with Crippen molar-refractivity contribution in [2.45, 2.75) is 39.0 Å². The average Bonchev–Trinajstić information content (AvgIpc) is 2.66. The van der Waals surface area contributed by atoms with Crippen LogP contribution in [-0.2, 0) is 17.8 Å². The molecule has 1 aliphatic rings. The van der Waals surface area contributed by atoms with E-state index in [1.165, 1.54) is 0 Å². The standard InChI is InChI=1S/C21H25NO3/c1-3-7-20(24-2)22-13-12-17-14-18(10-11-19(17)21(22)23)25-15-16-8-5-4-6-9-16/h4-6,8-11,14,20H,3,7,12-13,15H2,1-2H3. The van der Waals surface area contributed by atoms with Crippen LogP contribution in [0.5, 0.6) is 5.75 Å². The SMILES string of the molecule is CCCC(OC)N1CCc2cc(OCc3ccccc3)ccc2C1=O. The number of hydrogen-bond acceptors (Lipinski definition) is 3. The largest absolute Gasteiger partial charge is 0.489 e. The lowest BCUT2D eigenvalue weighted by atomic mass is 9.98. The third kappa shape index (κ3) is 4.02. The highest BCUT2D eigenvalue weighted by Gasteiger charge is 2.29. The number of hydrogen-bond donors (Lipinski definition) is 0. The van der Waals surface area contributed by atoms with Gasteiger partial charge in [-0.15, -0.1) is 0 Å². The van der Waals surface area contributed by atoms with E-state index in [-0.39, 0.29) is 12.1 Å². The molecule has 25 heavy (non-hydrogen) atoms. The summed E-state index contributed by atoms with van der Waals surface area (Å²) in [6.07, 6.45) is 2.53. The van der Waals surface area contributed by atoms with Crippen LogP contribution in [0, 0.1) is 0 Å². The zero-order valence-corrected chi connectivity index (χ0v) is 14.9. The summed E-state index contributed by atoms with van der Waals surface area (Å²) in [5.74, 6) is 0.858. The second-order valence-corrected chi connectivity index (χ2v) is 6.32. The van der Waals surface area contributed by atoms with Crippen molar-refractivity contribution >= 4 is 5.91 Å². The van der Waals surface area contributed by atoms with Gasteiger partial charge in [-0.2, -0.15) is 0 Å². The number of benzene rings is 2. The summed E-state index contributed by atoms with van der Waals surface area (Å²) in [4.78, 5) is 14.6. The number of carbonyl (C=O) groups excluding carboxylic acids is 1. The Balaban J connectivity index is 1.71. The Morgan fingerprint density at radius 3 is 2.68 bits per heavy atom. The summed E-state index contributed by atoms with van der Waals surface area (Å²) in [6.45, 7) is 3.32. The Bertz CT molecular complexity index is 714. The number of rotatable bonds is 7. The summed E-state index contributed by atoms with van der Waals surface area (Å²) < 4.78 is 11.4. The van der Waals surface area contributed by atoms with Crippen LogP contribution < -0.4 is 4.74 Å². The molecule has 1 atom stereocenters. The molecule has 0 aliphatic carbocycles. The minimum atomic E-state index is -0.139. The molecule has 0 spiro atoms. The maximum absolute atomic E-state index is 12.8. The maximum Gasteiger partial charge on any atom is 0.256 e. The van der Waals surface area contributed by atoms with Gasteiger partial charge in [-0.25, -0.2) is 0 Å². The van der Waals surface area contributed by atoms with Gasteiger partial charge in [-0.1, -0.05) is 43.7 Å². The summed E-state index contributed by atoms with van der Waals surface area (Å²) in [6, 6.07) is 15.8. The number of nitrogens with zero attached hydrogens (tertiary/aromatic N) is 1. The van der Waals surface area contributed by atoms with E-state index in [1.807, 2.05) is 53.4 Å². The lowest BCUT2D eigenvalue weighted by Crippen LogP contribution is -2.45. The van der Waals surface area contributed by atoms with E-state index in [2.05, 4.69) is 6.92 Å². The fourth-order valence-electron chi connectivity index (χ4n) is 3.24. The van der Waals surface area contributed by atoms with E-state index in [0.717, 1.165) is 41.7 Å². The fourth-order valence-corrected chi connectivity index (χ4v) is 3.24. The predicted octanol–water partition coefficient (Wildman–Crippen LogP) is 4.04. The van der Waals surface area contributed by atoms with Gasteiger partial charge in [-0.3, -0.25) is 4.79 Å². The van der Waals surface area contributed by atoms with Crippen LogP contribution in [0.1, 0.15) is 41.3 Å². The summed E-state index contributed by atoms with van der Waals surface area (Å²) in [7, 11) is 1.67. The number of carbonyl (C=O) groups is 1. The van der Waals surface area contributed by atoms with Crippen LogP contribution in [0.25, 0.3) is 0 Å². The van der Waals surface area contributed by atoms with Crippen molar-refractivity contribution in [3.8, 4) is 5.75 Å². The van der Waals surface area contributed by atoms with Crippen LogP contribution in [0.2, 0.25) is 0 Å². The first kappa shape index (κ1) is 17.5. The molecule has 0 N–H and O–H groups in total. The minimum absolute atomic E-state index is 0.0520. The van der Waals surface area contributed by atoms with Crippen LogP contribution in [-0.4, -0.2) is 30.7 Å². The fraction of sp³-hybridized carbons (Fsp3) is 0.381. The molecule has 0 bridgehead atoms. The van der Waals surface area contributed by atoms with Crippen molar-refractivity contribution in [3.63, 3.8) is 0 Å². The number of fused-ring (bicyclic) bond motifs is 1. The molecule has 4 heteroatoms. The smallest absolute Gasteiger partial charge is 0.256 e. The lowest BCUT2D eigenvalue weighted by molar-refractivity contribution is -0.0268. The molecule has 4 nitrogen and oxygen atoms in total. The Labute approximate surface area is 149 Å². The highest BCUT2D eigenvalue weighted by molar-refractivity contribution is 5.97. The first-order valence-electron chi connectivity index (χ1n) is 8.86. The van der Waals surface area contributed by atoms with Gasteiger partial charge in [0, 0.05) is 19.2 Å². The quantitative estimate of drug-likeness (QED) is 0.764. The zero-order chi connectivity index (χ0) is 17.6. The number of ether oxygens (including phenoxy) is 2. The molecule has 2 aromatic carbocycles. The maximum atomic E-state index is 12.8. The zero-order valence-electron chi connectivity index (χ0n) is 14.9. The molecule has 0 radical (unpaired) electrons. The number of amides is 1. The third-order valence-corrected chi connectivity index (χ3v) is 4.59. The number of methoxy groups -OCH3 is 1. The molecule has 0 saturated heterocycles. The summed E-state index contributed by atoms with van der Waals surface area (Å²) in [5.41, 5.74) is 2.94. The van der Waals surface area contributed by atoms with E-state index in [4.69, 9.17) is 9.47 Å². The van der Waals surface area contributed by atoms with Gasteiger partial charge >= 0.3 is 0 Å². The van der Waals surface area contributed by atoms with E-state index >= 15 is 0 Å². The van der Waals surface area contributed by atoms with Crippen LogP contribution >= 0.6 is 0 Å². The van der Waals surface area contributed by atoms with Crippen LogP contribution in [0.4, 0.5) is 0 Å². The van der Waals surface area contributed by atoms with Gasteiger partial charge in [0.05, 0.1) is 0 Å². The normalized spacial score (nSPS) is 15.0. The van der Waals surface area contributed by atoms with E-state index in [1.54, 1.807) is 7.11 Å². The Morgan fingerprint density at radius 2 is 1.96 bits per heavy atom. The molecule has 3 rings (SSSR count).